The van der Waals surface area contributed by atoms with Gasteiger partial charge in [0.2, 0.25) is 5.91 Å². The minimum absolute atomic E-state index is 0.0302. The van der Waals surface area contributed by atoms with Crippen LogP contribution < -0.4 is 4.90 Å². The van der Waals surface area contributed by atoms with Crippen LogP contribution in [0.15, 0.2) is 30.9 Å². The number of nitrogens with zero attached hydrogens (tertiary/aromatic N) is 1. The predicted octanol–water partition coefficient (Wildman–Crippen LogP) is 2.67. The van der Waals surface area contributed by atoms with Crippen LogP contribution in [-0.2, 0) is 9.53 Å². The van der Waals surface area contributed by atoms with Crippen molar-refractivity contribution in [3.8, 4) is 0 Å². The number of hydrogen-bond acceptors (Lipinski definition) is 3. The Morgan fingerprint density at radius 2 is 2.32 bits per heavy atom. The Morgan fingerprint density at radius 3 is 2.89 bits per heavy atom. The van der Waals surface area contributed by atoms with Crippen molar-refractivity contribution in [3.63, 3.8) is 0 Å². The molecule has 0 aromatic heterocycles. The highest BCUT2D eigenvalue weighted by Gasteiger charge is 2.31. The average Bonchev–Trinajstić information content (AvgIpc) is 2.79. The molecule has 1 aliphatic rings. The molecule has 4 nitrogen and oxygen atoms in total. The molecular weight excluding hydrogens is 266 g/mol. The lowest BCUT2D eigenvalue weighted by molar-refractivity contribution is -0.117. The first-order valence-corrected chi connectivity index (χ1v) is 6.25. The molecule has 1 amide bonds. The lowest BCUT2D eigenvalue weighted by atomic mass is 10.1. The molecule has 5 heteroatoms. The molecule has 1 aliphatic heterocycles. The van der Waals surface area contributed by atoms with Gasteiger partial charge >= 0.3 is 5.97 Å². The second kappa shape index (κ2) is 5.45. The molecule has 1 atom stereocenters. The fourth-order valence-corrected chi connectivity index (χ4v) is 2.32. The van der Waals surface area contributed by atoms with E-state index < -0.39 is 5.97 Å². The smallest absolute Gasteiger partial charge is 0.340 e. The lowest BCUT2D eigenvalue weighted by Gasteiger charge is -2.19. The standard InChI is InChI=1S/C14H14ClNO3/c1-3-9-6-13(17)16(8-9)12-5-4-10(15)7-11(12)14(18)19-2/h3-5,7,9H,1,6,8H2,2H3. The summed E-state index contributed by atoms with van der Waals surface area (Å²) < 4.78 is 4.72. The number of benzene rings is 1. The zero-order chi connectivity index (χ0) is 14.0. The number of halogens is 1. The van der Waals surface area contributed by atoms with E-state index in [1.54, 1.807) is 23.1 Å². The molecule has 100 valence electrons. The minimum atomic E-state index is -0.507. The number of esters is 1. The maximum Gasteiger partial charge on any atom is 0.340 e. The first-order chi connectivity index (χ1) is 9.06. The Bertz CT molecular complexity index is 541. The van der Waals surface area contributed by atoms with E-state index in [0.717, 1.165) is 0 Å². The van der Waals surface area contributed by atoms with Crippen molar-refractivity contribution in [2.45, 2.75) is 6.42 Å². The van der Waals surface area contributed by atoms with E-state index in [1.807, 2.05) is 0 Å². The SMILES string of the molecule is C=CC1CC(=O)N(c2ccc(Cl)cc2C(=O)OC)C1. The second-order valence-electron chi connectivity index (χ2n) is 4.36. The zero-order valence-electron chi connectivity index (χ0n) is 10.6. The van der Waals surface area contributed by atoms with Crippen molar-refractivity contribution in [1.29, 1.82) is 0 Å². The molecule has 1 aromatic rings. The Morgan fingerprint density at radius 1 is 1.58 bits per heavy atom. The number of hydrogen-bond donors (Lipinski definition) is 0. The molecule has 2 rings (SSSR count). The Labute approximate surface area is 116 Å². The van der Waals surface area contributed by atoms with E-state index in [2.05, 4.69) is 6.58 Å². The van der Waals surface area contributed by atoms with Crippen LogP contribution in [0.25, 0.3) is 0 Å². The molecule has 1 fully saturated rings. The lowest BCUT2D eigenvalue weighted by Crippen LogP contribution is -2.26. The number of carbonyl (C=O) groups excluding carboxylic acids is 2. The normalized spacial score (nSPS) is 18.5. The predicted molar refractivity (Wildman–Crippen MR) is 73.4 cm³/mol. The first-order valence-electron chi connectivity index (χ1n) is 5.87. The number of methoxy groups -OCH3 is 1. The highest BCUT2D eigenvalue weighted by molar-refractivity contribution is 6.31. The molecule has 19 heavy (non-hydrogen) atoms. The molecule has 0 N–H and O–H groups in total. The monoisotopic (exact) mass is 279 g/mol. The van der Waals surface area contributed by atoms with Gasteiger partial charge in [0.05, 0.1) is 18.4 Å². The summed E-state index contributed by atoms with van der Waals surface area (Å²) in [4.78, 5) is 25.3. The van der Waals surface area contributed by atoms with Gasteiger partial charge in [-0.25, -0.2) is 4.79 Å². The molecule has 1 unspecified atom stereocenters. The van der Waals surface area contributed by atoms with Gasteiger partial charge in [0.15, 0.2) is 0 Å². The molecule has 1 heterocycles. The van der Waals surface area contributed by atoms with E-state index in [-0.39, 0.29) is 11.8 Å². The van der Waals surface area contributed by atoms with Crippen molar-refractivity contribution in [2.24, 2.45) is 5.92 Å². The number of anilines is 1. The van der Waals surface area contributed by atoms with Gasteiger partial charge in [-0.3, -0.25) is 4.79 Å². The average molecular weight is 280 g/mol. The van der Waals surface area contributed by atoms with Crippen molar-refractivity contribution >= 4 is 29.2 Å². The van der Waals surface area contributed by atoms with Crippen LogP contribution in [0.2, 0.25) is 5.02 Å². The summed E-state index contributed by atoms with van der Waals surface area (Å²) >= 11 is 5.89. The molecule has 0 aliphatic carbocycles. The van der Waals surface area contributed by atoms with E-state index >= 15 is 0 Å². The number of amides is 1. The molecule has 0 saturated carbocycles. The van der Waals surface area contributed by atoms with Gasteiger partial charge in [0, 0.05) is 23.9 Å². The summed E-state index contributed by atoms with van der Waals surface area (Å²) in [5.41, 5.74) is 0.832. The molecular formula is C14H14ClNO3. The molecule has 0 radical (unpaired) electrons. The van der Waals surface area contributed by atoms with Crippen LogP contribution in [0.1, 0.15) is 16.8 Å². The third-order valence-electron chi connectivity index (χ3n) is 3.14. The van der Waals surface area contributed by atoms with Crippen LogP contribution in [0.3, 0.4) is 0 Å². The molecule has 1 saturated heterocycles. The van der Waals surface area contributed by atoms with Gasteiger partial charge in [-0.2, -0.15) is 0 Å². The third kappa shape index (κ3) is 2.63. The minimum Gasteiger partial charge on any atom is -0.465 e. The molecule has 0 bridgehead atoms. The number of rotatable bonds is 3. The van der Waals surface area contributed by atoms with Gasteiger partial charge in [-0.1, -0.05) is 17.7 Å². The highest BCUT2D eigenvalue weighted by Crippen LogP contribution is 2.30. The summed E-state index contributed by atoms with van der Waals surface area (Å²) in [5, 5.41) is 0.427. The van der Waals surface area contributed by atoms with Gasteiger partial charge < -0.3 is 9.64 Å². The van der Waals surface area contributed by atoms with Crippen LogP contribution in [0, 0.1) is 5.92 Å². The van der Waals surface area contributed by atoms with E-state index in [9.17, 15) is 9.59 Å². The van der Waals surface area contributed by atoms with Gasteiger partial charge in [-0.15, -0.1) is 6.58 Å². The fraction of sp³-hybridized carbons (Fsp3) is 0.286. The van der Waals surface area contributed by atoms with Crippen LogP contribution >= 0.6 is 11.6 Å². The summed E-state index contributed by atoms with van der Waals surface area (Å²) in [7, 11) is 1.30. The summed E-state index contributed by atoms with van der Waals surface area (Å²) in [6, 6.07) is 4.83. The van der Waals surface area contributed by atoms with E-state index in [1.165, 1.54) is 13.2 Å². The van der Waals surface area contributed by atoms with Gasteiger partial charge in [-0.05, 0) is 18.2 Å². The highest BCUT2D eigenvalue weighted by atomic mass is 35.5. The van der Waals surface area contributed by atoms with E-state index in [4.69, 9.17) is 16.3 Å². The van der Waals surface area contributed by atoms with Crippen molar-refractivity contribution < 1.29 is 14.3 Å². The van der Waals surface area contributed by atoms with Crippen molar-refractivity contribution in [2.75, 3.05) is 18.6 Å². The second-order valence-corrected chi connectivity index (χ2v) is 4.79. The third-order valence-corrected chi connectivity index (χ3v) is 3.38. The van der Waals surface area contributed by atoms with Crippen LogP contribution in [0.5, 0.6) is 0 Å². The Balaban J connectivity index is 2.42. The number of ether oxygens (including phenoxy) is 1. The fourth-order valence-electron chi connectivity index (χ4n) is 2.14. The quantitative estimate of drug-likeness (QED) is 0.631. The summed E-state index contributed by atoms with van der Waals surface area (Å²) in [6.45, 7) is 4.22. The molecule has 0 spiro atoms. The summed E-state index contributed by atoms with van der Waals surface area (Å²) in [6.07, 6.45) is 2.17. The Kier molecular flexibility index (Phi) is 3.90. The van der Waals surface area contributed by atoms with Crippen LogP contribution in [0.4, 0.5) is 5.69 Å². The van der Waals surface area contributed by atoms with Gasteiger partial charge in [0.1, 0.15) is 0 Å². The topological polar surface area (TPSA) is 46.6 Å². The van der Waals surface area contributed by atoms with Crippen LogP contribution in [-0.4, -0.2) is 25.5 Å². The molecule has 1 aromatic carbocycles. The maximum absolute atomic E-state index is 12.0. The zero-order valence-corrected chi connectivity index (χ0v) is 11.3. The maximum atomic E-state index is 12.0. The largest absolute Gasteiger partial charge is 0.465 e. The number of carbonyl (C=O) groups is 2. The van der Waals surface area contributed by atoms with Crippen molar-refractivity contribution in [3.05, 3.63) is 41.4 Å². The van der Waals surface area contributed by atoms with Crippen molar-refractivity contribution in [1.82, 2.24) is 0 Å². The van der Waals surface area contributed by atoms with Gasteiger partial charge in [0.25, 0.3) is 0 Å². The Hall–Kier alpha value is -1.81. The first kappa shape index (κ1) is 13.6. The summed E-state index contributed by atoms with van der Waals surface area (Å²) in [5.74, 6) is -0.432. The van der Waals surface area contributed by atoms with E-state index in [0.29, 0.717) is 29.2 Å².